The zero-order valence-corrected chi connectivity index (χ0v) is 18.5. The fourth-order valence-corrected chi connectivity index (χ4v) is 2.71. The summed E-state index contributed by atoms with van der Waals surface area (Å²) in [4.78, 5) is 55.0. The summed E-state index contributed by atoms with van der Waals surface area (Å²) in [5.74, 6) is 0. The van der Waals surface area contributed by atoms with Gasteiger partial charge in [0.2, 0.25) is 24.3 Å². The normalized spacial score (nSPS) is 10.1. The van der Waals surface area contributed by atoms with Crippen LogP contribution in [0.2, 0.25) is 0 Å². The Morgan fingerprint density at radius 3 is 1.41 bits per heavy atom. The lowest BCUT2D eigenvalue weighted by atomic mass is 9.88. The number of aliphatic imine (C=N–C) groups is 4. The number of nitrogens with zero attached hydrogens (tertiary/aromatic N) is 4. The Balaban J connectivity index is 0.000000330. The fourth-order valence-electron chi connectivity index (χ4n) is 2.71. The van der Waals surface area contributed by atoms with E-state index in [2.05, 4.69) is 20.0 Å². The highest BCUT2D eigenvalue weighted by Gasteiger charge is 2.24. The Kier molecular flexibility index (Phi) is 10.2. The molecule has 0 atom stereocenters. The van der Waals surface area contributed by atoms with Gasteiger partial charge in [0.1, 0.15) is 0 Å². The summed E-state index contributed by atoms with van der Waals surface area (Å²) in [6, 6.07) is 14.9. The Bertz CT molecular complexity index is 1030. The molecule has 0 fully saturated rings. The molecule has 0 spiro atoms. The van der Waals surface area contributed by atoms with Gasteiger partial charge in [-0.05, 0) is 49.9 Å². The van der Waals surface area contributed by atoms with Crippen LogP contribution in [0.4, 0.5) is 0 Å². The van der Waals surface area contributed by atoms with Crippen LogP contribution in [0.5, 0.6) is 0 Å². The average molecular weight is 432 g/mol. The number of hydrogen-bond donors (Lipinski definition) is 0. The summed E-state index contributed by atoms with van der Waals surface area (Å²) in [5.41, 5.74) is 2.26. The van der Waals surface area contributed by atoms with Crippen LogP contribution in [-0.2, 0) is 43.3 Å². The molecule has 0 unspecified atom stereocenters. The van der Waals surface area contributed by atoms with Crippen LogP contribution in [0.1, 0.15) is 49.9 Å². The van der Waals surface area contributed by atoms with Crippen LogP contribution in [0, 0.1) is 0 Å². The highest BCUT2D eigenvalue weighted by Crippen LogP contribution is 2.30. The van der Waals surface area contributed by atoms with Crippen LogP contribution >= 0.6 is 0 Å². The van der Waals surface area contributed by atoms with Gasteiger partial charge >= 0.3 is 0 Å². The minimum Gasteiger partial charge on any atom is -0.211 e. The van der Waals surface area contributed by atoms with Gasteiger partial charge in [-0.1, -0.05) is 48.5 Å². The molecule has 0 saturated carbocycles. The average Bonchev–Trinajstić information content (AvgIpc) is 2.77. The molecule has 0 aliphatic heterocycles. The second-order valence-corrected chi connectivity index (χ2v) is 7.74. The third kappa shape index (κ3) is 8.37. The minimum atomic E-state index is -0.640. The Morgan fingerprint density at radius 2 is 1.03 bits per heavy atom. The van der Waals surface area contributed by atoms with E-state index < -0.39 is 11.1 Å². The molecule has 0 radical (unpaired) electrons. The summed E-state index contributed by atoms with van der Waals surface area (Å²) >= 11 is 0. The van der Waals surface area contributed by atoms with Gasteiger partial charge in [0.05, 0.1) is 24.2 Å². The number of benzene rings is 2. The van der Waals surface area contributed by atoms with Gasteiger partial charge in [0, 0.05) is 0 Å². The first-order valence-electron chi connectivity index (χ1n) is 9.64. The van der Waals surface area contributed by atoms with E-state index in [-0.39, 0.29) is 0 Å². The second-order valence-electron chi connectivity index (χ2n) is 7.74. The Labute approximate surface area is 186 Å². The molecule has 0 N–H and O–H groups in total. The largest absolute Gasteiger partial charge is 0.235 e. The molecule has 8 heteroatoms. The molecule has 2 aromatic carbocycles. The fraction of sp³-hybridized carbons (Fsp3) is 0.333. The maximum atomic E-state index is 10.4. The number of carbonyl (C=O) groups excluding carboxylic acids is 4. The van der Waals surface area contributed by atoms with E-state index in [9.17, 15) is 19.2 Å². The number of hydrogen-bond acceptors (Lipinski definition) is 8. The quantitative estimate of drug-likeness (QED) is 0.459. The molecular formula is C24H24N4O4. The van der Waals surface area contributed by atoms with Crippen molar-refractivity contribution in [2.75, 3.05) is 0 Å². The van der Waals surface area contributed by atoms with E-state index in [0.717, 1.165) is 22.3 Å². The van der Waals surface area contributed by atoms with E-state index in [0.29, 0.717) is 13.1 Å². The van der Waals surface area contributed by atoms with Crippen LogP contribution in [0.3, 0.4) is 0 Å². The van der Waals surface area contributed by atoms with Gasteiger partial charge in [0.25, 0.3) is 0 Å². The van der Waals surface area contributed by atoms with E-state index in [1.54, 1.807) is 12.2 Å². The van der Waals surface area contributed by atoms with Gasteiger partial charge < -0.3 is 0 Å². The van der Waals surface area contributed by atoms with Crippen molar-refractivity contribution in [2.45, 2.75) is 51.9 Å². The molecule has 0 heterocycles. The predicted molar refractivity (Wildman–Crippen MR) is 119 cm³/mol. The zero-order valence-electron chi connectivity index (χ0n) is 18.5. The highest BCUT2D eigenvalue weighted by molar-refractivity contribution is 5.41. The lowest BCUT2D eigenvalue weighted by Gasteiger charge is -2.23. The SMILES string of the molecule is CC(C)(N=C=O)c1cccc(C(C)(C)N=C=O)c1.O=C=NCc1cccc(CN=C=O)c1. The molecule has 164 valence electrons. The maximum Gasteiger partial charge on any atom is 0.235 e. The molecule has 0 bridgehead atoms. The lowest BCUT2D eigenvalue weighted by Crippen LogP contribution is -2.18. The molecule has 0 aliphatic rings. The minimum absolute atomic E-state index is 0.308. The Hall–Kier alpha value is -4.04. The molecule has 0 aliphatic carbocycles. The van der Waals surface area contributed by atoms with E-state index in [4.69, 9.17) is 0 Å². The number of rotatable bonds is 8. The summed E-state index contributed by atoms with van der Waals surface area (Å²) in [5, 5.41) is 0. The smallest absolute Gasteiger partial charge is 0.211 e. The standard InChI is InChI=1S/C14H16N2O2.C10H8N2O2/c1-13(2,15-9-17)11-6-5-7-12(8-11)14(3,4)16-10-18;13-7-11-5-9-2-1-3-10(4-9)6-12-8-14/h5-8H,1-4H3;1-4H,5-6H2. The van der Waals surface area contributed by atoms with Crippen LogP contribution in [-0.4, -0.2) is 24.3 Å². The molecule has 2 rings (SSSR count). The van der Waals surface area contributed by atoms with Crippen molar-refractivity contribution in [3.8, 4) is 0 Å². The van der Waals surface area contributed by atoms with Gasteiger partial charge in [-0.25, -0.2) is 29.2 Å². The van der Waals surface area contributed by atoms with Gasteiger partial charge in [-0.2, -0.15) is 9.98 Å². The molecule has 0 amide bonds. The van der Waals surface area contributed by atoms with Crippen molar-refractivity contribution in [1.29, 1.82) is 0 Å². The summed E-state index contributed by atoms with van der Waals surface area (Å²) in [6.45, 7) is 7.92. The maximum absolute atomic E-state index is 10.4. The zero-order chi connectivity index (χ0) is 24.0. The van der Waals surface area contributed by atoms with Crippen molar-refractivity contribution < 1.29 is 19.2 Å². The van der Waals surface area contributed by atoms with E-state index in [1.807, 2.05) is 76.2 Å². The predicted octanol–water partition coefficient (Wildman–Crippen LogP) is 4.19. The molecule has 0 saturated heterocycles. The first-order valence-corrected chi connectivity index (χ1v) is 9.64. The molecule has 2 aromatic rings. The molecule has 8 nitrogen and oxygen atoms in total. The summed E-state index contributed by atoms with van der Waals surface area (Å²) in [6.07, 6.45) is 6.09. The van der Waals surface area contributed by atoms with Crippen molar-refractivity contribution in [1.82, 2.24) is 0 Å². The first-order chi connectivity index (χ1) is 15.2. The van der Waals surface area contributed by atoms with Gasteiger partial charge in [0.15, 0.2) is 0 Å². The van der Waals surface area contributed by atoms with Crippen LogP contribution in [0.25, 0.3) is 0 Å². The monoisotopic (exact) mass is 432 g/mol. The third-order valence-corrected chi connectivity index (χ3v) is 4.57. The van der Waals surface area contributed by atoms with E-state index >= 15 is 0 Å². The Morgan fingerprint density at radius 1 is 0.625 bits per heavy atom. The highest BCUT2D eigenvalue weighted by atomic mass is 16.1. The topological polar surface area (TPSA) is 118 Å². The van der Waals surface area contributed by atoms with Gasteiger partial charge in [-0.3, -0.25) is 0 Å². The van der Waals surface area contributed by atoms with Crippen LogP contribution in [0.15, 0.2) is 68.5 Å². The molecule has 0 aromatic heterocycles. The third-order valence-electron chi connectivity index (χ3n) is 4.57. The van der Waals surface area contributed by atoms with Crippen molar-refractivity contribution in [3.05, 3.63) is 70.8 Å². The van der Waals surface area contributed by atoms with Crippen molar-refractivity contribution >= 4 is 24.3 Å². The second kappa shape index (κ2) is 12.6. The van der Waals surface area contributed by atoms with Crippen molar-refractivity contribution in [3.63, 3.8) is 0 Å². The number of isocyanates is 4. The summed E-state index contributed by atoms with van der Waals surface area (Å²) in [7, 11) is 0. The lowest BCUT2D eigenvalue weighted by molar-refractivity contribution is 0.512. The van der Waals surface area contributed by atoms with E-state index in [1.165, 1.54) is 12.2 Å². The first kappa shape index (κ1) is 26.0. The molecule has 32 heavy (non-hydrogen) atoms. The summed E-state index contributed by atoms with van der Waals surface area (Å²) < 4.78 is 0. The molecular weight excluding hydrogens is 408 g/mol. The van der Waals surface area contributed by atoms with Gasteiger partial charge in [-0.15, -0.1) is 0 Å². The van der Waals surface area contributed by atoms with Crippen molar-refractivity contribution in [2.24, 2.45) is 20.0 Å². The van der Waals surface area contributed by atoms with Crippen LogP contribution < -0.4 is 0 Å².